The van der Waals surface area contributed by atoms with E-state index in [-0.39, 0.29) is 0 Å². The molecular formula is C16H12N4OS. The molecule has 0 aliphatic heterocycles. The first-order valence-corrected chi connectivity index (χ1v) is 7.67. The minimum Gasteiger partial charge on any atom is -0.419 e. The van der Waals surface area contributed by atoms with E-state index in [0.717, 1.165) is 20.9 Å². The van der Waals surface area contributed by atoms with Gasteiger partial charge < -0.3 is 9.73 Å². The molecular weight excluding hydrogens is 296 g/mol. The lowest BCUT2D eigenvalue weighted by atomic mass is 10.2. The van der Waals surface area contributed by atoms with Crippen LogP contribution in [0.25, 0.3) is 21.7 Å². The van der Waals surface area contributed by atoms with Gasteiger partial charge >= 0.3 is 0 Å². The smallest absolute Gasteiger partial charge is 0.247 e. The van der Waals surface area contributed by atoms with E-state index in [1.165, 1.54) is 0 Å². The first-order chi connectivity index (χ1) is 10.9. The van der Waals surface area contributed by atoms with Crippen molar-refractivity contribution >= 4 is 26.7 Å². The number of nitrogens with one attached hydrogen (secondary N) is 1. The molecule has 0 saturated carbocycles. The van der Waals surface area contributed by atoms with E-state index in [1.54, 1.807) is 11.3 Å². The molecule has 0 radical (unpaired) electrons. The number of benzene rings is 2. The molecule has 1 N–H and O–H groups in total. The van der Waals surface area contributed by atoms with Crippen LogP contribution >= 0.6 is 11.3 Å². The maximum atomic E-state index is 5.66. The molecule has 108 valence electrons. The second kappa shape index (κ2) is 5.57. The summed E-state index contributed by atoms with van der Waals surface area (Å²) >= 11 is 1.61. The Morgan fingerprint density at radius 1 is 0.955 bits per heavy atom. The maximum Gasteiger partial charge on any atom is 0.247 e. The lowest BCUT2D eigenvalue weighted by Gasteiger charge is -1.96. The van der Waals surface area contributed by atoms with E-state index in [9.17, 15) is 0 Å². The zero-order valence-corrected chi connectivity index (χ0v) is 12.4. The van der Waals surface area contributed by atoms with Gasteiger partial charge in [0.15, 0.2) is 5.13 Å². The Bertz CT molecular complexity index is 868. The van der Waals surface area contributed by atoms with Gasteiger partial charge in [0.1, 0.15) is 0 Å². The van der Waals surface area contributed by atoms with Gasteiger partial charge in [0.25, 0.3) is 0 Å². The highest BCUT2D eigenvalue weighted by Gasteiger charge is 2.09. The van der Waals surface area contributed by atoms with Gasteiger partial charge in [-0.25, -0.2) is 4.98 Å². The highest BCUT2D eigenvalue weighted by molar-refractivity contribution is 7.22. The van der Waals surface area contributed by atoms with Crippen molar-refractivity contribution in [1.82, 2.24) is 15.2 Å². The average molecular weight is 308 g/mol. The van der Waals surface area contributed by atoms with Gasteiger partial charge in [-0.2, -0.15) is 0 Å². The molecule has 4 rings (SSSR count). The largest absolute Gasteiger partial charge is 0.419 e. The molecule has 2 aromatic carbocycles. The number of para-hydroxylation sites is 1. The van der Waals surface area contributed by atoms with Crippen LogP contribution in [-0.2, 0) is 6.54 Å². The molecule has 0 atom stereocenters. The third kappa shape index (κ3) is 2.56. The Hall–Kier alpha value is -2.73. The highest BCUT2D eigenvalue weighted by Crippen LogP contribution is 2.26. The number of aromatic nitrogens is 3. The lowest BCUT2D eigenvalue weighted by Crippen LogP contribution is -1.98. The second-order valence-electron chi connectivity index (χ2n) is 4.71. The van der Waals surface area contributed by atoms with Crippen molar-refractivity contribution in [3.8, 4) is 11.5 Å². The molecule has 6 heteroatoms. The Balaban J connectivity index is 1.49. The van der Waals surface area contributed by atoms with Crippen LogP contribution in [0.2, 0.25) is 0 Å². The van der Waals surface area contributed by atoms with Gasteiger partial charge in [-0.3, -0.25) is 0 Å². The van der Waals surface area contributed by atoms with E-state index in [1.807, 2.05) is 48.5 Å². The van der Waals surface area contributed by atoms with E-state index in [0.29, 0.717) is 18.3 Å². The summed E-state index contributed by atoms with van der Waals surface area (Å²) in [6.07, 6.45) is 0. The molecule has 0 amide bonds. The van der Waals surface area contributed by atoms with Gasteiger partial charge in [-0.05, 0) is 24.3 Å². The van der Waals surface area contributed by atoms with Gasteiger partial charge in [-0.15, -0.1) is 10.2 Å². The first kappa shape index (κ1) is 13.0. The Kier molecular flexibility index (Phi) is 3.29. The Morgan fingerprint density at radius 2 is 1.77 bits per heavy atom. The van der Waals surface area contributed by atoms with Gasteiger partial charge in [0, 0.05) is 5.56 Å². The minimum atomic E-state index is 0.458. The predicted octanol–water partition coefficient (Wildman–Crippen LogP) is 3.96. The zero-order chi connectivity index (χ0) is 14.8. The third-order valence-electron chi connectivity index (χ3n) is 3.17. The molecule has 4 aromatic rings. The fourth-order valence-electron chi connectivity index (χ4n) is 2.12. The van der Waals surface area contributed by atoms with Crippen molar-refractivity contribution < 1.29 is 4.42 Å². The summed E-state index contributed by atoms with van der Waals surface area (Å²) in [5.41, 5.74) is 1.91. The minimum absolute atomic E-state index is 0.458. The summed E-state index contributed by atoms with van der Waals surface area (Å²) in [5.74, 6) is 1.07. The Morgan fingerprint density at radius 3 is 2.64 bits per heavy atom. The summed E-state index contributed by atoms with van der Waals surface area (Å²) in [6.45, 7) is 0.458. The molecule has 0 fully saturated rings. The van der Waals surface area contributed by atoms with Crippen molar-refractivity contribution in [2.75, 3.05) is 5.32 Å². The molecule has 0 unspecified atom stereocenters. The molecule has 0 spiro atoms. The van der Waals surface area contributed by atoms with E-state index >= 15 is 0 Å². The number of fused-ring (bicyclic) bond motifs is 1. The number of thiazole rings is 1. The molecule has 0 bridgehead atoms. The van der Waals surface area contributed by atoms with Crippen LogP contribution in [0.5, 0.6) is 0 Å². The van der Waals surface area contributed by atoms with Crippen molar-refractivity contribution in [2.24, 2.45) is 0 Å². The highest BCUT2D eigenvalue weighted by atomic mass is 32.1. The van der Waals surface area contributed by atoms with Crippen LogP contribution in [0.4, 0.5) is 5.13 Å². The number of hydrogen-bond acceptors (Lipinski definition) is 6. The second-order valence-corrected chi connectivity index (χ2v) is 5.74. The average Bonchev–Trinajstić information content (AvgIpc) is 3.20. The summed E-state index contributed by atoms with van der Waals surface area (Å²) < 4.78 is 6.81. The van der Waals surface area contributed by atoms with Crippen molar-refractivity contribution in [1.29, 1.82) is 0 Å². The molecule has 2 heterocycles. The summed E-state index contributed by atoms with van der Waals surface area (Å²) in [4.78, 5) is 4.51. The Labute approximate surface area is 130 Å². The molecule has 22 heavy (non-hydrogen) atoms. The van der Waals surface area contributed by atoms with Crippen molar-refractivity contribution in [2.45, 2.75) is 6.54 Å². The topological polar surface area (TPSA) is 63.8 Å². The van der Waals surface area contributed by atoms with E-state index in [2.05, 4.69) is 26.6 Å². The summed E-state index contributed by atoms with van der Waals surface area (Å²) in [7, 11) is 0. The number of anilines is 1. The SMILES string of the molecule is c1ccc(-c2nnc(CNc3nc4ccccc4s3)o2)cc1. The predicted molar refractivity (Wildman–Crippen MR) is 86.7 cm³/mol. The molecule has 5 nitrogen and oxygen atoms in total. The lowest BCUT2D eigenvalue weighted by molar-refractivity contribution is 0.515. The van der Waals surface area contributed by atoms with Crippen molar-refractivity contribution in [3.63, 3.8) is 0 Å². The fourth-order valence-corrected chi connectivity index (χ4v) is 2.98. The number of hydrogen-bond donors (Lipinski definition) is 1. The van der Waals surface area contributed by atoms with Crippen LogP contribution in [0, 0.1) is 0 Å². The van der Waals surface area contributed by atoms with Crippen LogP contribution < -0.4 is 5.32 Å². The van der Waals surface area contributed by atoms with Gasteiger partial charge in [-0.1, -0.05) is 41.7 Å². The zero-order valence-electron chi connectivity index (χ0n) is 11.6. The monoisotopic (exact) mass is 308 g/mol. The van der Waals surface area contributed by atoms with Crippen LogP contribution in [0.15, 0.2) is 59.0 Å². The molecule has 2 aromatic heterocycles. The standard InChI is InChI=1S/C16H12N4OS/c1-2-6-11(7-3-1)15-20-19-14(21-15)10-17-16-18-12-8-4-5-9-13(12)22-16/h1-9H,10H2,(H,17,18). The van der Waals surface area contributed by atoms with E-state index < -0.39 is 0 Å². The molecule has 0 aliphatic rings. The third-order valence-corrected chi connectivity index (χ3v) is 4.17. The summed E-state index contributed by atoms with van der Waals surface area (Å²) in [5, 5.41) is 12.2. The molecule has 0 saturated heterocycles. The molecule has 0 aliphatic carbocycles. The fraction of sp³-hybridized carbons (Fsp3) is 0.0625. The van der Waals surface area contributed by atoms with Gasteiger partial charge in [0.05, 0.1) is 16.8 Å². The van der Waals surface area contributed by atoms with Gasteiger partial charge in [0.2, 0.25) is 11.8 Å². The van der Waals surface area contributed by atoms with Crippen LogP contribution in [0.1, 0.15) is 5.89 Å². The van der Waals surface area contributed by atoms with Crippen LogP contribution in [-0.4, -0.2) is 15.2 Å². The van der Waals surface area contributed by atoms with Crippen molar-refractivity contribution in [3.05, 3.63) is 60.5 Å². The quantitative estimate of drug-likeness (QED) is 0.618. The normalized spacial score (nSPS) is 10.9. The number of nitrogens with zero attached hydrogens (tertiary/aromatic N) is 3. The van der Waals surface area contributed by atoms with E-state index in [4.69, 9.17) is 4.42 Å². The maximum absolute atomic E-state index is 5.66. The van der Waals surface area contributed by atoms with Crippen LogP contribution in [0.3, 0.4) is 0 Å². The summed E-state index contributed by atoms with van der Waals surface area (Å²) in [6, 6.07) is 17.8. The number of rotatable bonds is 4. The first-order valence-electron chi connectivity index (χ1n) is 6.86.